The van der Waals surface area contributed by atoms with Crippen molar-refractivity contribution >= 4 is 11.5 Å². The van der Waals surface area contributed by atoms with Crippen LogP contribution in [0.5, 0.6) is 0 Å². The van der Waals surface area contributed by atoms with Crippen LogP contribution in [0, 0.1) is 10.1 Å². The zero-order valence-electron chi connectivity index (χ0n) is 11.1. The van der Waals surface area contributed by atoms with Gasteiger partial charge in [-0.3, -0.25) is 15.2 Å². The maximum absolute atomic E-state index is 11.1. The van der Waals surface area contributed by atoms with Gasteiger partial charge in [-0.15, -0.1) is 0 Å². The Kier molecular flexibility index (Phi) is 4.67. The highest BCUT2D eigenvalue weighted by atomic mass is 16.6. The van der Waals surface area contributed by atoms with E-state index >= 15 is 0 Å². The summed E-state index contributed by atoms with van der Waals surface area (Å²) in [6.07, 6.45) is 0.399. The number of ether oxygens (including phenoxy) is 1. The van der Waals surface area contributed by atoms with Crippen LogP contribution in [-0.4, -0.2) is 28.8 Å². The van der Waals surface area contributed by atoms with E-state index in [0.29, 0.717) is 31.1 Å². The fourth-order valence-electron chi connectivity index (χ4n) is 1.85. The van der Waals surface area contributed by atoms with Crippen molar-refractivity contribution in [2.24, 2.45) is 0 Å². The second-order valence-electron chi connectivity index (χ2n) is 4.23. The molecule has 0 aliphatic rings. The number of hydrogen-bond donors (Lipinski definition) is 2. The molecule has 2 rings (SSSR count). The molecule has 2 N–H and O–H groups in total. The zero-order chi connectivity index (χ0) is 14.4. The highest BCUT2D eigenvalue weighted by Crippen LogP contribution is 2.26. The molecular weight excluding hydrogens is 260 g/mol. The highest BCUT2D eigenvalue weighted by molar-refractivity contribution is 5.59. The van der Waals surface area contributed by atoms with Crippen molar-refractivity contribution in [1.82, 2.24) is 10.2 Å². The number of anilines is 1. The van der Waals surface area contributed by atoms with E-state index < -0.39 is 4.92 Å². The number of H-pyrrole nitrogens is 1. The van der Waals surface area contributed by atoms with Gasteiger partial charge in [0.15, 0.2) is 0 Å². The van der Waals surface area contributed by atoms with E-state index in [9.17, 15) is 10.1 Å². The number of aromatic nitrogens is 2. The van der Waals surface area contributed by atoms with Crippen LogP contribution in [0.1, 0.15) is 11.3 Å². The molecule has 0 atom stereocenters. The molecule has 106 valence electrons. The van der Waals surface area contributed by atoms with E-state index in [2.05, 4.69) is 15.5 Å². The van der Waals surface area contributed by atoms with Crippen LogP contribution in [0.3, 0.4) is 0 Å². The molecular formula is C13H16N4O3. The molecule has 0 spiro atoms. The van der Waals surface area contributed by atoms with Gasteiger partial charge in [0.2, 0.25) is 5.82 Å². The van der Waals surface area contributed by atoms with Crippen molar-refractivity contribution in [2.45, 2.75) is 13.0 Å². The van der Waals surface area contributed by atoms with Gasteiger partial charge in [-0.2, -0.15) is 5.10 Å². The lowest BCUT2D eigenvalue weighted by atomic mass is 10.2. The van der Waals surface area contributed by atoms with Crippen molar-refractivity contribution in [3.05, 3.63) is 51.7 Å². The Hall–Kier alpha value is -2.41. The summed E-state index contributed by atoms with van der Waals surface area (Å²) < 4.78 is 4.92. The summed E-state index contributed by atoms with van der Waals surface area (Å²) in [5, 5.41) is 20.8. The molecule has 1 heterocycles. The quantitative estimate of drug-likeness (QED) is 0.597. The molecule has 7 nitrogen and oxygen atoms in total. The fourth-order valence-corrected chi connectivity index (χ4v) is 1.85. The second-order valence-corrected chi connectivity index (χ2v) is 4.23. The van der Waals surface area contributed by atoms with E-state index in [-0.39, 0.29) is 5.69 Å². The molecule has 0 saturated carbocycles. The monoisotopic (exact) mass is 276 g/mol. The minimum atomic E-state index is -0.429. The number of benzene rings is 1. The third-order valence-corrected chi connectivity index (χ3v) is 2.85. The number of nitrogens with zero attached hydrogens (tertiary/aromatic N) is 2. The Bertz CT molecular complexity index is 568. The minimum Gasteiger partial charge on any atom is -0.384 e. The Morgan fingerprint density at radius 1 is 1.40 bits per heavy atom. The Balaban J connectivity index is 2.11. The lowest BCUT2D eigenvalue weighted by Crippen LogP contribution is -2.03. The van der Waals surface area contributed by atoms with Gasteiger partial charge in [0, 0.05) is 20.1 Å². The van der Waals surface area contributed by atoms with Crippen LogP contribution in [0.2, 0.25) is 0 Å². The summed E-state index contributed by atoms with van der Waals surface area (Å²) in [4.78, 5) is 10.7. The van der Waals surface area contributed by atoms with E-state index in [1.54, 1.807) is 7.11 Å². The third kappa shape index (κ3) is 3.33. The number of rotatable bonds is 7. The third-order valence-electron chi connectivity index (χ3n) is 2.85. The first kappa shape index (κ1) is 14.0. The van der Waals surface area contributed by atoms with Gasteiger partial charge in [0.1, 0.15) is 5.69 Å². The topological polar surface area (TPSA) is 93.1 Å². The van der Waals surface area contributed by atoms with Crippen molar-refractivity contribution in [3.63, 3.8) is 0 Å². The first-order chi connectivity index (χ1) is 9.72. The minimum absolute atomic E-state index is 0.0158. The summed E-state index contributed by atoms with van der Waals surface area (Å²) in [5.41, 5.74) is 1.42. The number of aromatic amines is 1. The van der Waals surface area contributed by atoms with Crippen LogP contribution in [0.25, 0.3) is 0 Å². The average molecular weight is 276 g/mol. The van der Waals surface area contributed by atoms with Crippen molar-refractivity contribution in [1.29, 1.82) is 0 Å². The Morgan fingerprint density at radius 3 is 2.80 bits per heavy atom. The molecule has 0 fully saturated rings. The van der Waals surface area contributed by atoms with Gasteiger partial charge < -0.3 is 10.1 Å². The molecule has 0 bridgehead atoms. The molecule has 20 heavy (non-hydrogen) atoms. The molecule has 0 radical (unpaired) electrons. The number of methoxy groups -OCH3 is 1. The average Bonchev–Trinajstić information content (AvgIpc) is 2.87. The van der Waals surface area contributed by atoms with E-state index in [1.807, 2.05) is 30.3 Å². The van der Waals surface area contributed by atoms with E-state index in [0.717, 1.165) is 5.56 Å². The summed E-state index contributed by atoms with van der Waals surface area (Å²) in [5.74, 6) is 0.324. The molecule has 0 amide bonds. The second kappa shape index (κ2) is 6.67. The van der Waals surface area contributed by atoms with Crippen LogP contribution >= 0.6 is 0 Å². The van der Waals surface area contributed by atoms with Crippen LogP contribution in [0.15, 0.2) is 30.3 Å². The lowest BCUT2D eigenvalue weighted by Gasteiger charge is -2.03. The Labute approximate surface area is 116 Å². The van der Waals surface area contributed by atoms with Crippen molar-refractivity contribution in [2.75, 3.05) is 19.0 Å². The van der Waals surface area contributed by atoms with Gasteiger partial charge in [-0.05, 0) is 5.56 Å². The summed E-state index contributed by atoms with van der Waals surface area (Å²) in [6, 6.07) is 9.65. The molecule has 0 saturated heterocycles. The normalized spacial score (nSPS) is 10.4. The summed E-state index contributed by atoms with van der Waals surface area (Å²) >= 11 is 0. The maximum Gasteiger partial charge on any atom is 0.333 e. The van der Waals surface area contributed by atoms with Gasteiger partial charge in [-0.25, -0.2) is 0 Å². The Morgan fingerprint density at radius 2 is 2.15 bits per heavy atom. The van der Waals surface area contributed by atoms with Crippen molar-refractivity contribution < 1.29 is 9.66 Å². The van der Waals surface area contributed by atoms with E-state index in [4.69, 9.17) is 4.74 Å². The molecule has 1 aromatic carbocycles. The van der Waals surface area contributed by atoms with Gasteiger partial charge in [0.25, 0.3) is 0 Å². The van der Waals surface area contributed by atoms with Crippen molar-refractivity contribution in [3.8, 4) is 0 Å². The fraction of sp³-hybridized carbons (Fsp3) is 0.308. The predicted molar refractivity (Wildman–Crippen MR) is 74.6 cm³/mol. The lowest BCUT2D eigenvalue weighted by molar-refractivity contribution is -0.384. The smallest absolute Gasteiger partial charge is 0.333 e. The number of nitro groups is 1. The zero-order valence-corrected chi connectivity index (χ0v) is 11.1. The molecule has 2 aromatic rings. The maximum atomic E-state index is 11.1. The first-order valence-electron chi connectivity index (χ1n) is 6.20. The highest BCUT2D eigenvalue weighted by Gasteiger charge is 2.23. The molecule has 0 aliphatic carbocycles. The standard InChI is InChI=1S/C13H16N4O3/c1-20-8-7-11-12(17(18)19)13(16-15-11)14-9-10-5-3-2-4-6-10/h2-6H,7-9H2,1H3,(H2,14,15,16). The van der Waals surface area contributed by atoms with Crippen LogP contribution in [-0.2, 0) is 17.7 Å². The van der Waals surface area contributed by atoms with Gasteiger partial charge >= 0.3 is 5.69 Å². The van der Waals surface area contributed by atoms with Gasteiger partial charge in [-0.1, -0.05) is 30.3 Å². The molecule has 0 unspecified atom stereocenters. The molecule has 0 aliphatic heterocycles. The van der Waals surface area contributed by atoms with Crippen LogP contribution < -0.4 is 5.32 Å². The van der Waals surface area contributed by atoms with Gasteiger partial charge in [0.05, 0.1) is 11.5 Å². The molecule has 7 heteroatoms. The van der Waals surface area contributed by atoms with Crippen LogP contribution in [0.4, 0.5) is 11.5 Å². The molecule has 1 aromatic heterocycles. The van der Waals surface area contributed by atoms with E-state index in [1.165, 1.54) is 0 Å². The number of hydrogen-bond acceptors (Lipinski definition) is 5. The summed E-state index contributed by atoms with van der Waals surface area (Å²) in [6.45, 7) is 0.886. The largest absolute Gasteiger partial charge is 0.384 e. The number of nitrogens with one attached hydrogen (secondary N) is 2. The summed E-state index contributed by atoms with van der Waals surface area (Å²) in [7, 11) is 1.55. The SMILES string of the molecule is COCCc1n[nH]c(NCc2ccccc2)c1[N+](=O)[O-]. The predicted octanol–water partition coefficient (Wildman–Crippen LogP) is 2.12. The first-order valence-corrected chi connectivity index (χ1v) is 6.20.